The van der Waals surface area contributed by atoms with Gasteiger partial charge in [-0.05, 0) is 56.6 Å². The number of amides is 1. The standard InChI is InChI=1S/C19H28N2O2/c1-21(17-9-15-11-18(22)12-16(15)10-17)13-19(23)20-8-7-14-5-3-2-4-6-14/h2-6,15-18,22H,7-13H2,1H3,(H,20,23)/t15-,16+,17?,18?. The van der Waals surface area contributed by atoms with Crippen molar-refractivity contribution in [1.29, 1.82) is 0 Å². The van der Waals surface area contributed by atoms with Crippen LogP contribution in [0.1, 0.15) is 31.2 Å². The second-order valence-electron chi connectivity index (χ2n) is 7.27. The van der Waals surface area contributed by atoms with E-state index < -0.39 is 0 Å². The van der Waals surface area contributed by atoms with Gasteiger partial charge in [0.15, 0.2) is 0 Å². The Hall–Kier alpha value is -1.39. The lowest BCUT2D eigenvalue weighted by atomic mass is 10.0. The molecule has 0 aromatic heterocycles. The van der Waals surface area contributed by atoms with Crippen LogP contribution in [0, 0.1) is 11.8 Å². The van der Waals surface area contributed by atoms with Gasteiger partial charge in [-0.3, -0.25) is 9.69 Å². The largest absolute Gasteiger partial charge is 0.393 e. The zero-order valence-corrected chi connectivity index (χ0v) is 13.9. The summed E-state index contributed by atoms with van der Waals surface area (Å²) in [6, 6.07) is 10.7. The van der Waals surface area contributed by atoms with Crippen molar-refractivity contribution in [3.63, 3.8) is 0 Å². The first kappa shape index (κ1) is 16.5. The number of hydrogen-bond acceptors (Lipinski definition) is 3. The Morgan fingerprint density at radius 1 is 1.17 bits per heavy atom. The first-order chi connectivity index (χ1) is 11.1. The van der Waals surface area contributed by atoms with Crippen molar-refractivity contribution in [3.8, 4) is 0 Å². The molecule has 2 fully saturated rings. The molecule has 4 heteroatoms. The first-order valence-electron chi connectivity index (χ1n) is 8.80. The van der Waals surface area contributed by atoms with Crippen molar-refractivity contribution in [1.82, 2.24) is 10.2 Å². The fourth-order valence-corrected chi connectivity index (χ4v) is 4.31. The molecule has 1 amide bonds. The van der Waals surface area contributed by atoms with Crippen LogP contribution < -0.4 is 5.32 Å². The topological polar surface area (TPSA) is 52.6 Å². The van der Waals surface area contributed by atoms with E-state index in [1.807, 2.05) is 18.2 Å². The van der Waals surface area contributed by atoms with E-state index in [-0.39, 0.29) is 12.0 Å². The predicted octanol–water partition coefficient (Wildman–Crippen LogP) is 1.83. The van der Waals surface area contributed by atoms with E-state index in [1.54, 1.807) is 0 Å². The van der Waals surface area contributed by atoms with Gasteiger partial charge in [0.25, 0.3) is 0 Å². The maximum absolute atomic E-state index is 12.1. The van der Waals surface area contributed by atoms with Crippen LogP contribution in [0.25, 0.3) is 0 Å². The average molecular weight is 316 g/mol. The fourth-order valence-electron chi connectivity index (χ4n) is 4.31. The summed E-state index contributed by atoms with van der Waals surface area (Å²) in [5.74, 6) is 1.44. The van der Waals surface area contributed by atoms with Gasteiger partial charge in [0.2, 0.25) is 5.91 Å². The van der Waals surface area contributed by atoms with E-state index >= 15 is 0 Å². The Morgan fingerprint density at radius 3 is 2.48 bits per heavy atom. The van der Waals surface area contributed by atoms with Crippen molar-refractivity contribution < 1.29 is 9.90 Å². The third-order valence-corrected chi connectivity index (χ3v) is 5.56. The number of fused-ring (bicyclic) bond motifs is 1. The van der Waals surface area contributed by atoms with Gasteiger partial charge in [-0.15, -0.1) is 0 Å². The molecule has 3 rings (SSSR count). The normalized spacial score (nSPS) is 29.7. The number of aliphatic hydroxyl groups excluding tert-OH is 1. The Balaban J connectivity index is 1.37. The quantitative estimate of drug-likeness (QED) is 0.842. The van der Waals surface area contributed by atoms with Gasteiger partial charge in [-0.2, -0.15) is 0 Å². The number of likely N-dealkylation sites (N-methyl/N-ethyl adjacent to an activating group) is 1. The van der Waals surface area contributed by atoms with E-state index in [4.69, 9.17) is 0 Å². The molecule has 4 atom stereocenters. The lowest BCUT2D eigenvalue weighted by Gasteiger charge is -2.24. The molecule has 0 radical (unpaired) electrons. The van der Waals surface area contributed by atoms with Gasteiger partial charge in [0.05, 0.1) is 12.6 Å². The molecule has 1 aromatic carbocycles. The van der Waals surface area contributed by atoms with Crippen LogP contribution in [0.2, 0.25) is 0 Å². The molecule has 0 saturated heterocycles. The highest BCUT2D eigenvalue weighted by Crippen LogP contribution is 2.45. The smallest absolute Gasteiger partial charge is 0.234 e. The molecule has 0 spiro atoms. The SMILES string of the molecule is CN(CC(=O)NCCc1ccccc1)C1C[C@H]2CC(O)C[C@H]2C1. The van der Waals surface area contributed by atoms with Crippen LogP contribution in [0.4, 0.5) is 0 Å². The highest BCUT2D eigenvalue weighted by molar-refractivity contribution is 5.78. The van der Waals surface area contributed by atoms with Crippen molar-refractivity contribution in [3.05, 3.63) is 35.9 Å². The number of aliphatic hydroxyl groups is 1. The van der Waals surface area contributed by atoms with Crippen molar-refractivity contribution >= 4 is 5.91 Å². The zero-order valence-electron chi connectivity index (χ0n) is 13.9. The first-order valence-corrected chi connectivity index (χ1v) is 8.80. The van der Waals surface area contributed by atoms with E-state index in [0.29, 0.717) is 31.0 Å². The van der Waals surface area contributed by atoms with Crippen molar-refractivity contribution in [2.24, 2.45) is 11.8 Å². The molecule has 0 aliphatic heterocycles. The molecule has 2 saturated carbocycles. The van der Waals surface area contributed by atoms with Crippen molar-refractivity contribution in [2.75, 3.05) is 20.1 Å². The number of carbonyl (C=O) groups excluding carboxylic acids is 1. The highest BCUT2D eigenvalue weighted by atomic mass is 16.3. The Morgan fingerprint density at radius 2 is 1.83 bits per heavy atom. The molecule has 2 N–H and O–H groups in total. The van der Waals surface area contributed by atoms with Crippen LogP contribution in [-0.4, -0.2) is 48.2 Å². The van der Waals surface area contributed by atoms with Crippen LogP contribution in [-0.2, 0) is 11.2 Å². The molecule has 0 bridgehead atoms. The highest BCUT2D eigenvalue weighted by Gasteiger charge is 2.42. The number of nitrogens with zero attached hydrogens (tertiary/aromatic N) is 1. The van der Waals surface area contributed by atoms with Gasteiger partial charge in [0, 0.05) is 12.6 Å². The Labute approximate surface area is 138 Å². The summed E-state index contributed by atoms with van der Waals surface area (Å²) in [5, 5.41) is 12.7. The van der Waals surface area contributed by atoms with Crippen molar-refractivity contribution in [2.45, 2.75) is 44.2 Å². The molecule has 1 aromatic rings. The maximum Gasteiger partial charge on any atom is 0.234 e. The van der Waals surface area contributed by atoms with Gasteiger partial charge in [0.1, 0.15) is 0 Å². The minimum absolute atomic E-state index is 0.0856. The van der Waals surface area contributed by atoms with Gasteiger partial charge in [-0.1, -0.05) is 30.3 Å². The fraction of sp³-hybridized carbons (Fsp3) is 0.632. The minimum Gasteiger partial charge on any atom is -0.393 e. The number of carbonyl (C=O) groups is 1. The predicted molar refractivity (Wildman–Crippen MR) is 91.0 cm³/mol. The summed E-state index contributed by atoms with van der Waals surface area (Å²) in [6.45, 7) is 1.17. The average Bonchev–Trinajstić information content (AvgIpc) is 3.05. The van der Waals surface area contributed by atoms with Gasteiger partial charge in [-0.25, -0.2) is 0 Å². The van der Waals surface area contributed by atoms with E-state index in [9.17, 15) is 9.90 Å². The molecule has 2 aliphatic carbocycles. The summed E-state index contributed by atoms with van der Waals surface area (Å²) >= 11 is 0. The summed E-state index contributed by atoms with van der Waals surface area (Å²) in [6.07, 6.45) is 4.97. The van der Waals surface area contributed by atoms with Crippen LogP contribution in [0.5, 0.6) is 0 Å². The maximum atomic E-state index is 12.1. The number of nitrogens with one attached hydrogen (secondary N) is 1. The third-order valence-electron chi connectivity index (χ3n) is 5.56. The molecule has 2 unspecified atom stereocenters. The molecule has 2 aliphatic rings. The number of benzene rings is 1. The molecular formula is C19H28N2O2. The summed E-state index contributed by atoms with van der Waals surface area (Å²) in [5.41, 5.74) is 1.25. The lowest BCUT2D eigenvalue weighted by Crippen LogP contribution is -2.40. The molecular weight excluding hydrogens is 288 g/mol. The lowest BCUT2D eigenvalue weighted by molar-refractivity contribution is -0.122. The second kappa shape index (κ2) is 7.45. The van der Waals surface area contributed by atoms with E-state index in [2.05, 4.69) is 29.4 Å². The number of hydrogen-bond donors (Lipinski definition) is 2. The van der Waals surface area contributed by atoms with Crippen LogP contribution >= 0.6 is 0 Å². The minimum atomic E-state index is -0.0856. The second-order valence-corrected chi connectivity index (χ2v) is 7.27. The molecule has 4 nitrogen and oxygen atoms in total. The molecule has 126 valence electrons. The summed E-state index contributed by atoms with van der Waals surface area (Å²) in [4.78, 5) is 14.3. The van der Waals surface area contributed by atoms with Crippen LogP contribution in [0.15, 0.2) is 30.3 Å². The van der Waals surface area contributed by atoms with Gasteiger partial charge < -0.3 is 10.4 Å². The Bertz CT molecular complexity index is 505. The van der Waals surface area contributed by atoms with Gasteiger partial charge >= 0.3 is 0 Å². The monoisotopic (exact) mass is 316 g/mol. The molecule has 0 heterocycles. The zero-order chi connectivity index (χ0) is 16.2. The Kier molecular flexibility index (Phi) is 5.34. The van der Waals surface area contributed by atoms with Crippen LogP contribution in [0.3, 0.4) is 0 Å². The van der Waals surface area contributed by atoms with E-state index in [1.165, 1.54) is 5.56 Å². The third kappa shape index (κ3) is 4.33. The van der Waals surface area contributed by atoms with E-state index in [0.717, 1.165) is 32.1 Å². The molecule has 23 heavy (non-hydrogen) atoms. The summed E-state index contributed by atoms with van der Waals surface area (Å²) in [7, 11) is 2.05. The number of rotatable bonds is 6. The summed E-state index contributed by atoms with van der Waals surface area (Å²) < 4.78 is 0.